The molecule has 0 amide bonds. The number of hydrogen-bond donors (Lipinski definition) is 0. The number of methoxy groups -OCH3 is 1. The number of carbonyl (C=O) groups is 1. The molecule has 1 aromatic rings. The largest absolute Gasteiger partial charge is 0.465 e. The second-order valence-electron chi connectivity index (χ2n) is 3.97. The molecular weight excluding hydrogens is 232 g/mol. The van der Waals surface area contributed by atoms with Crippen LogP contribution in [0.3, 0.4) is 0 Å². The maximum absolute atomic E-state index is 11.3. The number of ether oxygens (including phenoxy) is 2. The number of pyridine rings is 1. The van der Waals surface area contributed by atoms with Crippen LogP contribution in [-0.4, -0.2) is 44.4 Å². The molecule has 0 bridgehead atoms. The molecule has 1 fully saturated rings. The molecular formula is C13H16N2O3. The summed E-state index contributed by atoms with van der Waals surface area (Å²) in [4.78, 5) is 17.8. The van der Waals surface area contributed by atoms with E-state index < -0.39 is 5.97 Å². The summed E-state index contributed by atoms with van der Waals surface area (Å²) in [6.45, 7) is 6.81. The second kappa shape index (κ2) is 5.64. The molecule has 96 valence electrons. The second-order valence-corrected chi connectivity index (χ2v) is 3.97. The fraction of sp³-hybridized carbons (Fsp3) is 0.385. The van der Waals surface area contributed by atoms with Crippen LogP contribution in [0.4, 0.5) is 5.82 Å². The van der Waals surface area contributed by atoms with Crippen molar-refractivity contribution >= 4 is 17.4 Å². The molecule has 1 aliphatic heterocycles. The first-order valence-corrected chi connectivity index (χ1v) is 5.78. The SMILES string of the molecule is C=C(C(=O)OC)c1ccc(N2CCOCC2)nc1. The lowest BCUT2D eigenvalue weighted by molar-refractivity contribution is -0.133. The predicted molar refractivity (Wildman–Crippen MR) is 68.3 cm³/mol. The summed E-state index contributed by atoms with van der Waals surface area (Å²) >= 11 is 0. The molecule has 0 saturated carbocycles. The summed E-state index contributed by atoms with van der Waals surface area (Å²) in [5, 5.41) is 0. The topological polar surface area (TPSA) is 51.7 Å². The Morgan fingerprint density at radius 2 is 2.17 bits per heavy atom. The van der Waals surface area contributed by atoms with Crippen LogP contribution in [0, 0.1) is 0 Å². The van der Waals surface area contributed by atoms with Crippen molar-refractivity contribution in [1.29, 1.82) is 0 Å². The highest BCUT2D eigenvalue weighted by Gasteiger charge is 2.14. The van der Waals surface area contributed by atoms with E-state index in [1.807, 2.05) is 12.1 Å². The van der Waals surface area contributed by atoms with Gasteiger partial charge in [-0.15, -0.1) is 0 Å². The molecule has 0 aliphatic carbocycles. The van der Waals surface area contributed by atoms with Gasteiger partial charge in [0, 0.05) is 24.8 Å². The average Bonchev–Trinajstić information content (AvgIpc) is 2.47. The minimum atomic E-state index is -0.434. The van der Waals surface area contributed by atoms with Crippen LogP contribution in [0.5, 0.6) is 0 Å². The van der Waals surface area contributed by atoms with Gasteiger partial charge in [-0.25, -0.2) is 9.78 Å². The van der Waals surface area contributed by atoms with Crippen LogP contribution < -0.4 is 4.90 Å². The third kappa shape index (κ3) is 2.68. The van der Waals surface area contributed by atoms with Crippen LogP contribution >= 0.6 is 0 Å². The van der Waals surface area contributed by atoms with E-state index in [1.165, 1.54) is 7.11 Å². The Bertz CT molecular complexity index is 436. The van der Waals surface area contributed by atoms with Crippen molar-refractivity contribution in [3.05, 3.63) is 30.5 Å². The fourth-order valence-electron chi connectivity index (χ4n) is 1.79. The highest BCUT2D eigenvalue weighted by Crippen LogP contribution is 2.17. The number of aromatic nitrogens is 1. The van der Waals surface area contributed by atoms with Crippen molar-refractivity contribution in [1.82, 2.24) is 4.98 Å². The molecule has 0 atom stereocenters. The lowest BCUT2D eigenvalue weighted by Crippen LogP contribution is -2.36. The quantitative estimate of drug-likeness (QED) is 0.592. The van der Waals surface area contributed by atoms with Gasteiger partial charge in [-0.1, -0.05) is 6.58 Å². The number of rotatable bonds is 3. The fourth-order valence-corrected chi connectivity index (χ4v) is 1.79. The lowest BCUT2D eigenvalue weighted by atomic mass is 10.1. The van der Waals surface area contributed by atoms with Gasteiger partial charge < -0.3 is 14.4 Å². The van der Waals surface area contributed by atoms with E-state index in [1.54, 1.807) is 6.20 Å². The standard InChI is InChI=1S/C13H16N2O3/c1-10(13(16)17-2)11-3-4-12(14-9-11)15-5-7-18-8-6-15/h3-4,9H,1,5-8H2,2H3. The van der Waals surface area contributed by atoms with E-state index in [4.69, 9.17) is 4.74 Å². The Labute approximate surface area is 106 Å². The molecule has 1 saturated heterocycles. The van der Waals surface area contributed by atoms with E-state index >= 15 is 0 Å². The summed E-state index contributed by atoms with van der Waals surface area (Å²) in [6.07, 6.45) is 1.64. The van der Waals surface area contributed by atoms with Crippen molar-refractivity contribution in [3.8, 4) is 0 Å². The van der Waals surface area contributed by atoms with Gasteiger partial charge in [-0.3, -0.25) is 0 Å². The maximum atomic E-state index is 11.3. The van der Waals surface area contributed by atoms with Gasteiger partial charge in [0.2, 0.25) is 0 Å². The smallest absolute Gasteiger partial charge is 0.337 e. The van der Waals surface area contributed by atoms with E-state index in [0.29, 0.717) is 11.1 Å². The Hall–Kier alpha value is -1.88. The minimum absolute atomic E-state index is 0.318. The van der Waals surface area contributed by atoms with E-state index in [9.17, 15) is 4.79 Å². The molecule has 0 radical (unpaired) electrons. The van der Waals surface area contributed by atoms with Crippen LogP contribution in [0.25, 0.3) is 5.57 Å². The zero-order valence-corrected chi connectivity index (χ0v) is 10.4. The van der Waals surface area contributed by atoms with Gasteiger partial charge in [-0.05, 0) is 12.1 Å². The summed E-state index contributed by atoms with van der Waals surface area (Å²) in [5.41, 5.74) is 0.998. The summed E-state index contributed by atoms with van der Waals surface area (Å²) in [6, 6.07) is 3.71. The summed E-state index contributed by atoms with van der Waals surface area (Å²) in [7, 11) is 1.34. The molecule has 1 aliphatic rings. The van der Waals surface area contributed by atoms with Crippen molar-refractivity contribution in [3.63, 3.8) is 0 Å². The molecule has 0 unspecified atom stereocenters. The monoisotopic (exact) mass is 248 g/mol. The highest BCUT2D eigenvalue weighted by atomic mass is 16.5. The van der Waals surface area contributed by atoms with Gasteiger partial charge in [0.05, 0.1) is 25.9 Å². The molecule has 2 heterocycles. The predicted octanol–water partition coefficient (Wildman–Crippen LogP) is 1.10. The molecule has 0 N–H and O–H groups in total. The van der Waals surface area contributed by atoms with Gasteiger partial charge in [0.15, 0.2) is 0 Å². The van der Waals surface area contributed by atoms with Gasteiger partial charge in [0.1, 0.15) is 5.82 Å². The van der Waals surface area contributed by atoms with E-state index in [2.05, 4.69) is 21.2 Å². The van der Waals surface area contributed by atoms with E-state index in [-0.39, 0.29) is 0 Å². The van der Waals surface area contributed by atoms with Crippen molar-refractivity contribution in [2.24, 2.45) is 0 Å². The average molecular weight is 248 g/mol. The third-order valence-corrected chi connectivity index (χ3v) is 2.86. The number of anilines is 1. The first kappa shape index (κ1) is 12.6. The summed E-state index contributed by atoms with van der Waals surface area (Å²) in [5.74, 6) is 0.454. The zero-order chi connectivity index (χ0) is 13.0. The van der Waals surface area contributed by atoms with Crippen molar-refractivity contribution in [2.45, 2.75) is 0 Å². The number of esters is 1. The molecule has 5 nitrogen and oxygen atoms in total. The number of nitrogens with zero attached hydrogens (tertiary/aromatic N) is 2. The Morgan fingerprint density at radius 1 is 1.44 bits per heavy atom. The van der Waals surface area contributed by atoms with E-state index in [0.717, 1.165) is 32.1 Å². The highest BCUT2D eigenvalue weighted by molar-refractivity contribution is 6.15. The van der Waals surface area contributed by atoms with Crippen LogP contribution in [0.15, 0.2) is 24.9 Å². The van der Waals surface area contributed by atoms with Crippen molar-refractivity contribution in [2.75, 3.05) is 38.3 Å². The third-order valence-electron chi connectivity index (χ3n) is 2.86. The van der Waals surface area contributed by atoms with Gasteiger partial charge >= 0.3 is 5.97 Å². The molecule has 5 heteroatoms. The summed E-state index contributed by atoms with van der Waals surface area (Å²) < 4.78 is 9.90. The first-order chi connectivity index (χ1) is 8.72. The number of carbonyl (C=O) groups excluding carboxylic acids is 1. The minimum Gasteiger partial charge on any atom is -0.465 e. The van der Waals surface area contributed by atoms with Crippen molar-refractivity contribution < 1.29 is 14.3 Å². The van der Waals surface area contributed by atoms with Crippen LogP contribution in [0.2, 0.25) is 0 Å². The molecule has 0 aromatic carbocycles. The molecule has 1 aromatic heterocycles. The Kier molecular flexibility index (Phi) is 3.94. The Morgan fingerprint density at radius 3 is 2.72 bits per heavy atom. The lowest BCUT2D eigenvalue weighted by Gasteiger charge is -2.27. The normalized spacial score (nSPS) is 15.3. The molecule has 2 rings (SSSR count). The van der Waals surface area contributed by atoms with Gasteiger partial charge in [-0.2, -0.15) is 0 Å². The zero-order valence-electron chi connectivity index (χ0n) is 10.4. The number of hydrogen-bond acceptors (Lipinski definition) is 5. The maximum Gasteiger partial charge on any atom is 0.337 e. The van der Waals surface area contributed by atoms with Crippen LogP contribution in [-0.2, 0) is 14.3 Å². The van der Waals surface area contributed by atoms with Crippen LogP contribution in [0.1, 0.15) is 5.56 Å². The van der Waals surface area contributed by atoms with Gasteiger partial charge in [0.25, 0.3) is 0 Å². The molecule has 18 heavy (non-hydrogen) atoms. The molecule has 0 spiro atoms. The Balaban J connectivity index is 2.09. The number of morpholine rings is 1. The first-order valence-electron chi connectivity index (χ1n) is 5.78.